The average Bonchev–Trinajstić information content (AvgIpc) is 3.30. The standard InChI is InChI=1S/C24H27FN2/c1-16-6-8-22(25)21-11-13-27(24(16)21)20-5-3-4-17(15-20)18-7-9-23-19(14-18)10-12-26(23)2/h3-6,8,11,13,15,18-19,23H,7,9-10,12,14H2,1-2H3. The maximum absolute atomic E-state index is 14.2. The average molecular weight is 362 g/mol. The summed E-state index contributed by atoms with van der Waals surface area (Å²) >= 11 is 0. The Bertz CT molecular complexity index is 989. The third-order valence-corrected chi connectivity index (χ3v) is 6.98. The summed E-state index contributed by atoms with van der Waals surface area (Å²) in [5.74, 6) is 1.35. The van der Waals surface area contributed by atoms with E-state index in [1.807, 2.05) is 18.3 Å². The normalized spacial score (nSPS) is 25.8. The molecule has 2 heterocycles. The molecule has 1 aliphatic heterocycles. The molecule has 3 atom stereocenters. The lowest BCUT2D eigenvalue weighted by Gasteiger charge is -2.34. The van der Waals surface area contributed by atoms with Gasteiger partial charge in [-0.05, 0) is 93.4 Å². The van der Waals surface area contributed by atoms with Crippen LogP contribution in [0.25, 0.3) is 16.6 Å². The van der Waals surface area contributed by atoms with Crippen LogP contribution in [-0.2, 0) is 0 Å². The van der Waals surface area contributed by atoms with Crippen molar-refractivity contribution in [3.05, 3.63) is 65.6 Å². The van der Waals surface area contributed by atoms with Crippen molar-refractivity contribution in [3.63, 3.8) is 0 Å². The molecular weight excluding hydrogens is 335 g/mol. The van der Waals surface area contributed by atoms with E-state index in [9.17, 15) is 4.39 Å². The molecule has 140 valence electrons. The number of benzene rings is 2. The second-order valence-electron chi connectivity index (χ2n) is 8.51. The lowest BCUT2D eigenvalue weighted by atomic mass is 9.75. The Morgan fingerprint density at radius 3 is 2.81 bits per heavy atom. The van der Waals surface area contributed by atoms with Gasteiger partial charge in [-0.2, -0.15) is 0 Å². The van der Waals surface area contributed by atoms with Crippen molar-refractivity contribution in [2.75, 3.05) is 13.6 Å². The number of rotatable bonds is 2. The number of halogens is 1. The Hall–Kier alpha value is -2.13. The lowest BCUT2D eigenvalue weighted by Crippen LogP contribution is -2.33. The number of hydrogen-bond donors (Lipinski definition) is 0. The van der Waals surface area contributed by atoms with Gasteiger partial charge in [0.05, 0.1) is 5.52 Å². The largest absolute Gasteiger partial charge is 0.316 e. The summed E-state index contributed by atoms with van der Waals surface area (Å²) in [6.07, 6.45) is 7.24. The van der Waals surface area contributed by atoms with Gasteiger partial charge in [-0.1, -0.05) is 18.2 Å². The fourth-order valence-electron chi connectivity index (χ4n) is 5.51. The molecule has 27 heavy (non-hydrogen) atoms. The number of aromatic nitrogens is 1. The second-order valence-corrected chi connectivity index (χ2v) is 8.51. The van der Waals surface area contributed by atoms with Crippen molar-refractivity contribution in [1.82, 2.24) is 9.47 Å². The summed E-state index contributed by atoms with van der Waals surface area (Å²) in [5, 5.41) is 0.704. The first-order valence-electron chi connectivity index (χ1n) is 10.2. The van der Waals surface area contributed by atoms with Crippen LogP contribution in [0.15, 0.2) is 48.7 Å². The summed E-state index contributed by atoms with van der Waals surface area (Å²) in [6.45, 7) is 3.31. The van der Waals surface area contributed by atoms with Crippen molar-refractivity contribution in [3.8, 4) is 5.69 Å². The van der Waals surface area contributed by atoms with Crippen LogP contribution < -0.4 is 0 Å². The Balaban J connectivity index is 1.49. The third kappa shape index (κ3) is 2.80. The second kappa shape index (κ2) is 6.49. The molecule has 3 heteroatoms. The zero-order valence-corrected chi connectivity index (χ0v) is 16.2. The zero-order valence-electron chi connectivity index (χ0n) is 16.2. The van der Waals surface area contributed by atoms with E-state index in [2.05, 4.69) is 47.7 Å². The van der Waals surface area contributed by atoms with E-state index in [1.165, 1.54) is 37.8 Å². The molecule has 1 aromatic heterocycles. The zero-order chi connectivity index (χ0) is 18.5. The van der Waals surface area contributed by atoms with Crippen LogP contribution in [0.4, 0.5) is 4.39 Å². The molecule has 5 rings (SSSR count). The molecule has 2 fully saturated rings. The van der Waals surface area contributed by atoms with E-state index in [4.69, 9.17) is 0 Å². The summed E-state index contributed by atoms with van der Waals surface area (Å²) in [6, 6.07) is 15.0. The van der Waals surface area contributed by atoms with E-state index in [0.717, 1.165) is 28.7 Å². The van der Waals surface area contributed by atoms with Gasteiger partial charge in [0, 0.05) is 23.3 Å². The molecule has 2 aromatic carbocycles. The van der Waals surface area contributed by atoms with Crippen molar-refractivity contribution < 1.29 is 4.39 Å². The molecule has 0 amide bonds. The van der Waals surface area contributed by atoms with Crippen molar-refractivity contribution in [2.45, 2.75) is 44.6 Å². The van der Waals surface area contributed by atoms with Crippen LogP contribution in [0, 0.1) is 18.7 Å². The van der Waals surface area contributed by atoms with Gasteiger partial charge in [0.25, 0.3) is 0 Å². The molecule has 0 N–H and O–H groups in total. The predicted molar refractivity (Wildman–Crippen MR) is 109 cm³/mol. The number of nitrogens with zero attached hydrogens (tertiary/aromatic N) is 2. The van der Waals surface area contributed by atoms with E-state index < -0.39 is 0 Å². The minimum atomic E-state index is -0.144. The highest BCUT2D eigenvalue weighted by Gasteiger charge is 2.37. The molecule has 1 aliphatic carbocycles. The van der Waals surface area contributed by atoms with E-state index in [-0.39, 0.29) is 5.82 Å². The minimum Gasteiger partial charge on any atom is -0.316 e. The molecule has 2 nitrogen and oxygen atoms in total. The van der Waals surface area contributed by atoms with Gasteiger partial charge in [0.15, 0.2) is 0 Å². The lowest BCUT2D eigenvalue weighted by molar-refractivity contribution is 0.200. The molecule has 1 saturated heterocycles. The topological polar surface area (TPSA) is 8.17 Å². The smallest absolute Gasteiger partial charge is 0.132 e. The Kier molecular flexibility index (Phi) is 4.08. The molecule has 0 bridgehead atoms. The van der Waals surface area contributed by atoms with Crippen molar-refractivity contribution in [1.29, 1.82) is 0 Å². The highest BCUT2D eigenvalue weighted by atomic mass is 19.1. The Morgan fingerprint density at radius 2 is 1.93 bits per heavy atom. The van der Waals surface area contributed by atoms with Gasteiger partial charge < -0.3 is 9.47 Å². The van der Waals surface area contributed by atoms with Gasteiger partial charge in [0.2, 0.25) is 0 Å². The SMILES string of the molecule is Cc1ccc(F)c2ccn(-c3cccc(C4CCC5C(CCN5C)C4)c3)c12. The van der Waals surface area contributed by atoms with Crippen LogP contribution in [-0.4, -0.2) is 29.1 Å². The first kappa shape index (κ1) is 17.0. The van der Waals surface area contributed by atoms with Crippen LogP contribution in [0.1, 0.15) is 42.7 Å². The molecule has 0 spiro atoms. The van der Waals surface area contributed by atoms with Gasteiger partial charge in [-0.3, -0.25) is 0 Å². The fourth-order valence-corrected chi connectivity index (χ4v) is 5.51. The molecule has 1 saturated carbocycles. The Morgan fingerprint density at radius 1 is 1.04 bits per heavy atom. The molecule has 3 aromatic rings. The van der Waals surface area contributed by atoms with Crippen LogP contribution in [0.3, 0.4) is 0 Å². The van der Waals surface area contributed by atoms with Crippen LogP contribution in [0.2, 0.25) is 0 Å². The molecule has 3 unspecified atom stereocenters. The predicted octanol–water partition coefficient (Wildman–Crippen LogP) is 5.67. The highest BCUT2D eigenvalue weighted by Crippen LogP contribution is 2.43. The van der Waals surface area contributed by atoms with E-state index in [1.54, 1.807) is 6.07 Å². The first-order valence-corrected chi connectivity index (χ1v) is 10.2. The van der Waals surface area contributed by atoms with Gasteiger partial charge in [-0.25, -0.2) is 4.39 Å². The molecule has 0 radical (unpaired) electrons. The number of aryl methyl sites for hydroxylation is 1. The van der Waals surface area contributed by atoms with Crippen molar-refractivity contribution in [2.24, 2.45) is 5.92 Å². The third-order valence-electron chi connectivity index (χ3n) is 6.98. The van der Waals surface area contributed by atoms with E-state index >= 15 is 0 Å². The quantitative estimate of drug-likeness (QED) is 0.570. The monoisotopic (exact) mass is 362 g/mol. The van der Waals surface area contributed by atoms with Crippen LogP contribution in [0.5, 0.6) is 0 Å². The maximum Gasteiger partial charge on any atom is 0.132 e. The summed E-state index contributed by atoms with van der Waals surface area (Å²) in [5.41, 5.74) is 4.67. The number of fused-ring (bicyclic) bond motifs is 2. The van der Waals surface area contributed by atoms with Crippen molar-refractivity contribution >= 4 is 10.9 Å². The minimum absolute atomic E-state index is 0.144. The summed E-state index contributed by atoms with van der Waals surface area (Å²) in [4.78, 5) is 2.56. The first-order chi connectivity index (χ1) is 13.1. The summed E-state index contributed by atoms with van der Waals surface area (Å²) in [7, 11) is 2.28. The van der Waals surface area contributed by atoms with Crippen LogP contribution >= 0.6 is 0 Å². The maximum atomic E-state index is 14.2. The number of hydrogen-bond acceptors (Lipinski definition) is 1. The summed E-state index contributed by atoms with van der Waals surface area (Å²) < 4.78 is 16.3. The molecule has 2 aliphatic rings. The molecular formula is C24H27FN2. The fraction of sp³-hybridized carbons (Fsp3) is 0.417. The van der Waals surface area contributed by atoms with Gasteiger partial charge in [-0.15, -0.1) is 0 Å². The van der Waals surface area contributed by atoms with Gasteiger partial charge >= 0.3 is 0 Å². The number of likely N-dealkylation sites (tertiary alicyclic amines) is 1. The Labute approximate surface area is 160 Å². The van der Waals surface area contributed by atoms with E-state index in [0.29, 0.717) is 11.3 Å². The van der Waals surface area contributed by atoms with Gasteiger partial charge in [0.1, 0.15) is 5.82 Å². The highest BCUT2D eigenvalue weighted by molar-refractivity contribution is 5.85.